The number of hydrogen-bond donors (Lipinski definition) is 4. The third-order valence-corrected chi connectivity index (χ3v) is 5.61. The summed E-state index contributed by atoms with van der Waals surface area (Å²) in [5, 5.41) is 23.3. The lowest BCUT2D eigenvalue weighted by Crippen LogP contribution is -2.49. The first-order valence-corrected chi connectivity index (χ1v) is 10.6. The van der Waals surface area contributed by atoms with E-state index in [0.29, 0.717) is 17.0 Å². The maximum Gasteiger partial charge on any atom is 0.326 e. The molecule has 2 atom stereocenters. The minimum atomic E-state index is -1.20. The van der Waals surface area contributed by atoms with Crippen LogP contribution in [0.2, 0.25) is 0 Å². The molecule has 2 heterocycles. The zero-order valence-electron chi connectivity index (χ0n) is 17.3. The molecule has 1 aromatic heterocycles. The van der Waals surface area contributed by atoms with Crippen molar-refractivity contribution < 1.29 is 30.8 Å². The second-order valence-corrected chi connectivity index (χ2v) is 7.93. The summed E-state index contributed by atoms with van der Waals surface area (Å²) in [4.78, 5) is 47.7. The van der Waals surface area contributed by atoms with Crippen LogP contribution in [0.15, 0.2) is 17.1 Å². The van der Waals surface area contributed by atoms with Gasteiger partial charge < -0.3 is 25.4 Å². The number of aromatic nitrogens is 1. The number of hydrogen-bond acceptors (Lipinski definition) is 5. The van der Waals surface area contributed by atoms with Gasteiger partial charge in [0.05, 0.1) is 1.37 Å². The molecule has 160 valence electrons. The van der Waals surface area contributed by atoms with Gasteiger partial charge in [-0.3, -0.25) is 14.4 Å². The van der Waals surface area contributed by atoms with Crippen LogP contribution in [0.25, 0.3) is 0 Å². The van der Waals surface area contributed by atoms with E-state index in [4.69, 9.17) is 6.48 Å². The lowest BCUT2D eigenvalue weighted by atomic mass is 10.1. The maximum absolute atomic E-state index is 12.3. The summed E-state index contributed by atoms with van der Waals surface area (Å²) in [7, 11) is 0. The van der Waals surface area contributed by atoms with Crippen molar-refractivity contribution >= 4 is 35.5 Å². The maximum atomic E-state index is 12.3. The number of nitrogens with zero attached hydrogens (tertiary/aromatic N) is 1. The van der Waals surface area contributed by atoms with Gasteiger partial charge in [-0.05, 0) is 25.3 Å². The molecule has 0 aromatic carbocycles. The number of unbranched alkanes of at least 4 members (excludes halogenated alkanes) is 2. The van der Waals surface area contributed by atoms with Crippen LogP contribution in [-0.2, 0) is 25.6 Å². The van der Waals surface area contributed by atoms with Gasteiger partial charge in [-0.25, -0.2) is 4.79 Å². The molecule has 1 aliphatic heterocycles. The predicted molar refractivity (Wildman–Crippen MR) is 107 cm³/mol. The van der Waals surface area contributed by atoms with E-state index in [2.05, 4.69) is 17.6 Å². The standard InChI is InChI=1S/C19H27N3O6S/c1-2-3-4-5-12-8-13-10-22(12)15(19(27)28)6-7-16(23)21-14(11-29-13)18(26)20-9-17(24)25/h8,10,14-15H,2-7,9,11H2,1H3,(H,20,26)(H,21,23)(H,24,25)(H,27,28)/t14-,15-/m0/s1/i8D. The van der Waals surface area contributed by atoms with E-state index in [1.165, 1.54) is 11.8 Å². The van der Waals surface area contributed by atoms with E-state index >= 15 is 0 Å². The number of fused-ring (bicyclic) bond motifs is 2. The van der Waals surface area contributed by atoms with Crippen LogP contribution in [0.3, 0.4) is 0 Å². The van der Waals surface area contributed by atoms with Crippen LogP contribution in [0.4, 0.5) is 0 Å². The summed E-state index contributed by atoms with van der Waals surface area (Å²) in [5.41, 5.74) is 0.617. The van der Waals surface area contributed by atoms with Crippen molar-refractivity contribution in [2.45, 2.75) is 62.4 Å². The number of rotatable bonds is 8. The van der Waals surface area contributed by atoms with Crippen molar-refractivity contribution in [2.75, 3.05) is 12.3 Å². The highest BCUT2D eigenvalue weighted by atomic mass is 32.2. The molecule has 0 saturated carbocycles. The Kier molecular flexibility index (Phi) is 7.97. The predicted octanol–water partition coefficient (Wildman–Crippen LogP) is 1.42. The van der Waals surface area contributed by atoms with E-state index in [9.17, 15) is 24.3 Å². The van der Waals surface area contributed by atoms with E-state index < -0.39 is 42.4 Å². The molecule has 0 fully saturated rings. The van der Waals surface area contributed by atoms with Crippen LogP contribution in [0.1, 0.15) is 52.1 Å². The third kappa shape index (κ3) is 6.81. The Hall–Kier alpha value is -2.49. The first-order chi connectivity index (χ1) is 14.2. The van der Waals surface area contributed by atoms with Crippen molar-refractivity contribution in [1.82, 2.24) is 15.2 Å². The van der Waals surface area contributed by atoms with E-state index in [1.54, 1.807) is 10.8 Å². The fraction of sp³-hybridized carbons (Fsp3) is 0.579. The van der Waals surface area contributed by atoms with Gasteiger partial charge in [0.25, 0.3) is 0 Å². The topological polar surface area (TPSA) is 138 Å². The number of carboxylic acids is 2. The minimum absolute atomic E-state index is 0.0175. The summed E-state index contributed by atoms with van der Waals surface area (Å²) in [5.74, 6) is -3.31. The lowest BCUT2D eigenvalue weighted by Gasteiger charge is -2.19. The Morgan fingerprint density at radius 1 is 1.38 bits per heavy atom. The summed E-state index contributed by atoms with van der Waals surface area (Å²) in [6.45, 7) is 1.49. The minimum Gasteiger partial charge on any atom is -0.480 e. The molecule has 2 rings (SSSR count). The van der Waals surface area contributed by atoms with Crippen molar-refractivity contribution in [3.8, 4) is 0 Å². The largest absolute Gasteiger partial charge is 0.480 e. The first-order valence-electron chi connectivity index (χ1n) is 10.1. The highest BCUT2D eigenvalue weighted by Gasteiger charge is 2.27. The van der Waals surface area contributed by atoms with Gasteiger partial charge in [-0.15, -0.1) is 11.8 Å². The highest BCUT2D eigenvalue weighted by molar-refractivity contribution is 7.99. The number of amides is 2. The molecular weight excluding hydrogens is 398 g/mol. The van der Waals surface area contributed by atoms with E-state index in [-0.39, 0.29) is 24.6 Å². The van der Waals surface area contributed by atoms with Crippen LogP contribution in [0, 0.1) is 0 Å². The molecule has 0 spiro atoms. The van der Waals surface area contributed by atoms with Gasteiger partial charge in [-0.1, -0.05) is 19.8 Å². The van der Waals surface area contributed by atoms with Crippen molar-refractivity contribution in [3.63, 3.8) is 0 Å². The monoisotopic (exact) mass is 426 g/mol. The lowest BCUT2D eigenvalue weighted by molar-refractivity contribution is -0.141. The fourth-order valence-corrected chi connectivity index (χ4v) is 4.05. The normalized spacial score (nSPS) is 20.2. The first kappa shape index (κ1) is 21.2. The molecule has 0 saturated heterocycles. The Balaban J connectivity index is 2.32. The average Bonchev–Trinajstić information content (AvgIpc) is 2.97. The fourth-order valence-electron chi connectivity index (χ4n) is 3.09. The van der Waals surface area contributed by atoms with Gasteiger partial charge in [0.2, 0.25) is 11.8 Å². The van der Waals surface area contributed by atoms with Gasteiger partial charge in [-0.2, -0.15) is 0 Å². The van der Waals surface area contributed by atoms with Crippen molar-refractivity contribution in [1.29, 1.82) is 0 Å². The molecule has 0 unspecified atom stereocenters. The molecule has 2 amide bonds. The number of carbonyl (C=O) groups excluding carboxylic acids is 2. The molecule has 10 heteroatoms. The zero-order chi connectivity index (χ0) is 22.3. The van der Waals surface area contributed by atoms with Gasteiger partial charge in [0.15, 0.2) is 0 Å². The summed E-state index contributed by atoms with van der Waals surface area (Å²) >= 11 is 1.17. The van der Waals surface area contributed by atoms with Crippen molar-refractivity contribution in [2.24, 2.45) is 0 Å². The van der Waals surface area contributed by atoms with Gasteiger partial charge >= 0.3 is 11.9 Å². The average molecular weight is 427 g/mol. The molecule has 1 aromatic rings. The number of carbonyl (C=O) groups is 4. The molecule has 0 aliphatic carbocycles. The molecule has 0 radical (unpaired) electrons. The summed E-state index contributed by atoms with van der Waals surface area (Å²) < 4.78 is 10.1. The summed E-state index contributed by atoms with van der Waals surface area (Å²) in [6, 6.07) is -1.74. The Morgan fingerprint density at radius 3 is 2.79 bits per heavy atom. The number of thioether (sulfide) groups is 1. The molecule has 9 nitrogen and oxygen atoms in total. The molecule has 29 heavy (non-hydrogen) atoms. The second kappa shape index (κ2) is 10.9. The van der Waals surface area contributed by atoms with E-state index in [0.717, 1.165) is 19.3 Å². The van der Waals surface area contributed by atoms with Gasteiger partial charge in [0, 0.05) is 29.0 Å². The number of nitrogens with one attached hydrogen (secondary N) is 2. The third-order valence-electron chi connectivity index (χ3n) is 4.59. The second-order valence-electron chi connectivity index (χ2n) is 6.86. The molecule has 2 bridgehead atoms. The van der Waals surface area contributed by atoms with Crippen LogP contribution in [0.5, 0.6) is 0 Å². The van der Waals surface area contributed by atoms with E-state index in [1.807, 2.05) is 0 Å². The smallest absolute Gasteiger partial charge is 0.326 e. The Labute approximate surface area is 174 Å². The SMILES string of the molecule is [2H]c1c2cn(c1CCCCC)[C@H](C(=O)O)CCC(=O)N[C@H](C(=O)NCC(=O)O)CS2. The Morgan fingerprint density at radius 2 is 2.14 bits per heavy atom. The van der Waals surface area contributed by atoms with Gasteiger partial charge in [0.1, 0.15) is 18.6 Å². The van der Waals surface area contributed by atoms with Crippen molar-refractivity contribution in [3.05, 3.63) is 17.9 Å². The number of carboxylic acid groups (broad SMARTS) is 2. The van der Waals surface area contributed by atoms with Crippen LogP contribution < -0.4 is 10.6 Å². The molecule has 1 aliphatic rings. The quantitative estimate of drug-likeness (QED) is 0.461. The molecule has 4 N–H and O–H groups in total. The van der Waals surface area contributed by atoms with Crippen LogP contribution in [-0.4, -0.2) is 56.9 Å². The Bertz CT molecular complexity index is 812. The highest BCUT2D eigenvalue weighted by Crippen LogP contribution is 2.28. The van der Waals surface area contributed by atoms with Crippen LogP contribution >= 0.6 is 11.8 Å². The number of aliphatic carboxylic acids is 2. The zero-order valence-corrected chi connectivity index (χ0v) is 17.1. The summed E-state index contributed by atoms with van der Waals surface area (Å²) in [6.07, 6.45) is 4.86. The molecular formula is C19H27N3O6S.